The first kappa shape index (κ1) is 22.6. The highest BCUT2D eigenvalue weighted by atomic mass is 35.5. The first-order chi connectivity index (χ1) is 15.3. The van der Waals surface area contributed by atoms with E-state index in [4.69, 9.17) is 27.9 Å². The number of aromatic nitrogens is 2. The maximum absolute atomic E-state index is 13.0. The van der Waals surface area contributed by atoms with Crippen LogP contribution in [0, 0.1) is 6.92 Å². The van der Waals surface area contributed by atoms with Crippen molar-refractivity contribution >= 4 is 40.5 Å². The van der Waals surface area contributed by atoms with Crippen LogP contribution < -0.4 is 10.2 Å². The Hall–Kier alpha value is -2.54. The minimum absolute atomic E-state index is 0.186. The molecule has 0 spiro atoms. The van der Waals surface area contributed by atoms with E-state index in [-0.39, 0.29) is 23.3 Å². The lowest BCUT2D eigenvalue weighted by Crippen LogP contribution is -2.45. The molecule has 0 saturated carbocycles. The van der Waals surface area contributed by atoms with E-state index in [2.05, 4.69) is 29.2 Å². The predicted octanol–water partition coefficient (Wildman–Crippen LogP) is 5.41. The first-order valence-electron chi connectivity index (χ1n) is 10.6. The van der Waals surface area contributed by atoms with Crippen molar-refractivity contribution in [2.45, 2.75) is 39.5 Å². The number of ether oxygens (including phenoxy) is 1. The molecular weight excluding hydrogens is 447 g/mol. The molecule has 1 N–H and O–H groups in total. The molecule has 1 fully saturated rings. The number of morpholine rings is 1. The lowest BCUT2D eigenvalue weighted by Gasteiger charge is -2.36. The van der Waals surface area contributed by atoms with E-state index in [1.54, 1.807) is 11.6 Å². The Morgan fingerprint density at radius 3 is 2.41 bits per heavy atom. The van der Waals surface area contributed by atoms with Gasteiger partial charge in [0, 0.05) is 29.5 Å². The molecule has 8 heteroatoms. The third kappa shape index (κ3) is 4.93. The lowest BCUT2D eigenvalue weighted by atomic mass is 10.2. The van der Waals surface area contributed by atoms with Gasteiger partial charge in [-0.2, -0.15) is 5.10 Å². The number of nitrogens with zero attached hydrogens (tertiary/aromatic N) is 3. The fourth-order valence-electron chi connectivity index (χ4n) is 4.04. The van der Waals surface area contributed by atoms with Crippen molar-refractivity contribution in [1.29, 1.82) is 0 Å². The molecule has 1 aliphatic rings. The number of nitrogens with one attached hydrogen (secondary N) is 1. The molecular formula is C24H26Cl2N4O2. The number of aryl methyl sites for hydroxylation is 1. The minimum Gasteiger partial charge on any atom is -0.372 e. The number of halogens is 2. The summed E-state index contributed by atoms with van der Waals surface area (Å²) in [7, 11) is 0. The Kier molecular flexibility index (Phi) is 6.74. The summed E-state index contributed by atoms with van der Waals surface area (Å²) in [5.41, 5.74) is 3.60. The van der Waals surface area contributed by atoms with Crippen molar-refractivity contribution in [3.8, 4) is 0 Å². The van der Waals surface area contributed by atoms with Gasteiger partial charge in [-0.25, -0.2) is 4.68 Å². The van der Waals surface area contributed by atoms with E-state index in [0.717, 1.165) is 24.3 Å². The molecule has 32 heavy (non-hydrogen) atoms. The monoisotopic (exact) mass is 472 g/mol. The van der Waals surface area contributed by atoms with Crippen LogP contribution in [-0.4, -0.2) is 41.0 Å². The predicted molar refractivity (Wildman–Crippen MR) is 129 cm³/mol. The third-order valence-electron chi connectivity index (χ3n) is 5.48. The average molecular weight is 473 g/mol. The van der Waals surface area contributed by atoms with Crippen LogP contribution in [0.2, 0.25) is 10.2 Å². The molecule has 0 bridgehead atoms. The van der Waals surface area contributed by atoms with Crippen molar-refractivity contribution in [2.24, 2.45) is 0 Å². The smallest absolute Gasteiger partial charge is 0.260 e. The first-order valence-corrected chi connectivity index (χ1v) is 11.4. The Balaban J connectivity index is 1.47. The maximum Gasteiger partial charge on any atom is 0.260 e. The molecule has 168 valence electrons. The zero-order valence-electron chi connectivity index (χ0n) is 18.3. The van der Waals surface area contributed by atoms with E-state index in [1.807, 2.05) is 48.5 Å². The van der Waals surface area contributed by atoms with E-state index in [9.17, 15) is 4.79 Å². The fraction of sp³-hybridized carbons (Fsp3) is 0.333. The van der Waals surface area contributed by atoms with Crippen molar-refractivity contribution in [3.63, 3.8) is 0 Å². The van der Waals surface area contributed by atoms with Gasteiger partial charge in [0.15, 0.2) is 0 Å². The summed E-state index contributed by atoms with van der Waals surface area (Å²) >= 11 is 12.8. The maximum atomic E-state index is 13.0. The second kappa shape index (κ2) is 9.53. The molecule has 2 aromatic carbocycles. The van der Waals surface area contributed by atoms with Gasteiger partial charge in [0.2, 0.25) is 0 Å². The van der Waals surface area contributed by atoms with Gasteiger partial charge >= 0.3 is 0 Å². The third-order valence-corrected chi connectivity index (χ3v) is 6.23. The summed E-state index contributed by atoms with van der Waals surface area (Å²) < 4.78 is 7.40. The van der Waals surface area contributed by atoms with Gasteiger partial charge in [0.05, 0.1) is 30.0 Å². The van der Waals surface area contributed by atoms with Crippen LogP contribution in [0.1, 0.15) is 35.5 Å². The summed E-state index contributed by atoms with van der Waals surface area (Å²) in [4.78, 5) is 15.3. The lowest BCUT2D eigenvalue weighted by molar-refractivity contribution is -0.00521. The molecule has 0 aliphatic carbocycles. The van der Waals surface area contributed by atoms with Gasteiger partial charge in [-0.3, -0.25) is 4.79 Å². The molecule has 2 heterocycles. The van der Waals surface area contributed by atoms with Crippen molar-refractivity contribution in [3.05, 3.63) is 75.5 Å². The van der Waals surface area contributed by atoms with Gasteiger partial charge in [-0.05, 0) is 56.7 Å². The number of hydrogen-bond acceptors (Lipinski definition) is 4. The number of hydrogen-bond donors (Lipinski definition) is 1. The van der Waals surface area contributed by atoms with E-state index in [1.165, 1.54) is 0 Å². The summed E-state index contributed by atoms with van der Waals surface area (Å²) in [5.74, 6) is -0.292. The van der Waals surface area contributed by atoms with Crippen LogP contribution in [0.25, 0.3) is 0 Å². The summed E-state index contributed by atoms with van der Waals surface area (Å²) in [6, 6.07) is 15.3. The molecule has 1 saturated heterocycles. The van der Waals surface area contributed by atoms with Crippen LogP contribution in [0.4, 0.5) is 11.4 Å². The van der Waals surface area contributed by atoms with E-state index >= 15 is 0 Å². The number of anilines is 2. The average Bonchev–Trinajstić information content (AvgIpc) is 3.02. The van der Waals surface area contributed by atoms with Crippen LogP contribution in [-0.2, 0) is 11.3 Å². The number of carbonyl (C=O) groups excluding carboxylic acids is 1. The Morgan fingerprint density at radius 1 is 1.09 bits per heavy atom. The number of benzene rings is 2. The highest BCUT2D eigenvalue weighted by molar-refractivity contribution is 6.34. The van der Waals surface area contributed by atoms with Crippen molar-refractivity contribution in [2.75, 3.05) is 23.3 Å². The molecule has 3 aromatic rings. The zero-order valence-corrected chi connectivity index (χ0v) is 19.8. The molecule has 1 amide bonds. The quantitative estimate of drug-likeness (QED) is 0.538. The minimum atomic E-state index is -0.292. The normalized spacial score (nSPS) is 18.6. The molecule has 2 atom stereocenters. The molecule has 6 nitrogen and oxygen atoms in total. The van der Waals surface area contributed by atoms with E-state index < -0.39 is 0 Å². The Bertz CT molecular complexity index is 1100. The molecule has 1 aliphatic heterocycles. The van der Waals surface area contributed by atoms with Gasteiger partial charge in [-0.15, -0.1) is 0 Å². The highest BCUT2D eigenvalue weighted by Crippen LogP contribution is 2.26. The standard InChI is InChI=1S/C24H26Cl2N4O2/c1-15-12-29(13-16(2)32-15)20-10-8-19(9-11-20)27-24(31)22-17(3)28-30(23(22)26)14-18-6-4-5-7-21(18)25/h4-11,15-16H,12-14H2,1-3H3,(H,27,31). The van der Waals surface area contributed by atoms with Crippen LogP contribution in [0.15, 0.2) is 48.5 Å². The second-order valence-electron chi connectivity index (χ2n) is 8.16. The van der Waals surface area contributed by atoms with Gasteiger partial charge in [0.1, 0.15) is 5.15 Å². The van der Waals surface area contributed by atoms with Crippen molar-refractivity contribution < 1.29 is 9.53 Å². The fourth-order valence-corrected chi connectivity index (χ4v) is 4.56. The zero-order chi connectivity index (χ0) is 22.8. The highest BCUT2D eigenvalue weighted by Gasteiger charge is 2.23. The van der Waals surface area contributed by atoms with Gasteiger partial charge in [-0.1, -0.05) is 41.4 Å². The van der Waals surface area contributed by atoms with Crippen LogP contribution >= 0.6 is 23.2 Å². The van der Waals surface area contributed by atoms with Gasteiger partial charge < -0.3 is 15.0 Å². The molecule has 2 unspecified atom stereocenters. The van der Waals surface area contributed by atoms with Crippen LogP contribution in [0.5, 0.6) is 0 Å². The number of rotatable bonds is 5. The molecule has 0 radical (unpaired) electrons. The summed E-state index contributed by atoms with van der Waals surface area (Å²) in [6.07, 6.45) is 0.371. The topological polar surface area (TPSA) is 59.4 Å². The largest absolute Gasteiger partial charge is 0.372 e. The van der Waals surface area contributed by atoms with Gasteiger partial charge in [0.25, 0.3) is 5.91 Å². The summed E-state index contributed by atoms with van der Waals surface area (Å²) in [6.45, 7) is 8.00. The Morgan fingerprint density at radius 2 is 1.75 bits per heavy atom. The number of amides is 1. The summed E-state index contributed by atoms with van der Waals surface area (Å²) in [5, 5.41) is 8.29. The molecule has 4 rings (SSSR count). The SMILES string of the molecule is Cc1nn(Cc2ccccc2Cl)c(Cl)c1C(=O)Nc1ccc(N2CC(C)OC(C)C2)cc1. The molecule has 1 aromatic heterocycles. The van der Waals surface area contributed by atoms with Crippen molar-refractivity contribution in [1.82, 2.24) is 9.78 Å². The van der Waals surface area contributed by atoms with E-state index in [0.29, 0.717) is 28.5 Å². The van der Waals surface area contributed by atoms with Crippen LogP contribution in [0.3, 0.4) is 0 Å². The Labute approximate surface area is 198 Å². The second-order valence-corrected chi connectivity index (χ2v) is 8.93. The number of carbonyl (C=O) groups is 1.